The van der Waals surface area contributed by atoms with Gasteiger partial charge < -0.3 is 20.1 Å². The van der Waals surface area contributed by atoms with Gasteiger partial charge in [-0.1, -0.05) is 6.92 Å². The molecule has 6 nitrogen and oxygen atoms in total. The molecule has 0 unspecified atom stereocenters. The van der Waals surface area contributed by atoms with E-state index in [-0.39, 0.29) is 0 Å². The third-order valence-corrected chi connectivity index (χ3v) is 4.36. The van der Waals surface area contributed by atoms with Crippen molar-refractivity contribution in [3.8, 4) is 0 Å². The van der Waals surface area contributed by atoms with Gasteiger partial charge >= 0.3 is 0 Å². The lowest BCUT2D eigenvalue weighted by atomic mass is 9.94. The fourth-order valence-corrected chi connectivity index (χ4v) is 3.07. The Morgan fingerprint density at radius 1 is 1.43 bits per heavy atom. The Balaban J connectivity index is 2.09. The first kappa shape index (κ1) is 16.5. The molecule has 2 rings (SSSR count). The number of halogens is 1. The van der Waals surface area contributed by atoms with Gasteiger partial charge in [0.2, 0.25) is 0 Å². The van der Waals surface area contributed by atoms with Crippen LogP contribution in [0.5, 0.6) is 0 Å². The quantitative estimate of drug-likeness (QED) is 0.810. The van der Waals surface area contributed by atoms with Crippen molar-refractivity contribution in [3.05, 3.63) is 10.8 Å². The summed E-state index contributed by atoms with van der Waals surface area (Å²) in [4.78, 5) is 10.5. The third-order valence-electron chi connectivity index (χ3n) is 3.63. The Morgan fingerprint density at radius 2 is 2.14 bits per heavy atom. The Hall–Kier alpha value is -0.920. The molecule has 21 heavy (non-hydrogen) atoms. The third kappa shape index (κ3) is 4.28. The van der Waals surface area contributed by atoms with Crippen molar-refractivity contribution in [1.29, 1.82) is 0 Å². The number of nitrogens with zero attached hydrogens (tertiary/aromatic N) is 3. The molecule has 0 aromatic carbocycles. The first-order valence-electron chi connectivity index (χ1n) is 7.31. The van der Waals surface area contributed by atoms with Crippen LogP contribution in [0.4, 0.5) is 11.6 Å². The molecule has 118 valence electrons. The second kappa shape index (κ2) is 7.38. The number of aliphatic hydroxyl groups is 1. The Labute approximate surface area is 134 Å². The molecule has 1 fully saturated rings. The van der Waals surface area contributed by atoms with Gasteiger partial charge in [0.05, 0.1) is 5.60 Å². The molecular weight excluding hydrogens is 336 g/mol. The molecule has 2 heterocycles. The number of hydrogen-bond donors (Lipinski definition) is 2. The predicted octanol–water partition coefficient (Wildman–Crippen LogP) is 2.04. The van der Waals surface area contributed by atoms with Gasteiger partial charge in [0.25, 0.3) is 0 Å². The van der Waals surface area contributed by atoms with Crippen molar-refractivity contribution in [3.63, 3.8) is 0 Å². The van der Waals surface area contributed by atoms with Gasteiger partial charge in [-0.05, 0) is 22.4 Å². The van der Waals surface area contributed by atoms with E-state index in [1.165, 1.54) is 0 Å². The van der Waals surface area contributed by atoms with E-state index in [0.717, 1.165) is 29.1 Å². The number of nitrogens with one attached hydrogen (secondary N) is 1. The fourth-order valence-electron chi connectivity index (χ4n) is 2.42. The lowest BCUT2D eigenvalue weighted by molar-refractivity contribution is -0.0573. The van der Waals surface area contributed by atoms with Gasteiger partial charge in [-0.15, -0.1) is 0 Å². The summed E-state index contributed by atoms with van der Waals surface area (Å²) in [6.45, 7) is 4.71. The van der Waals surface area contributed by atoms with E-state index >= 15 is 0 Å². The van der Waals surface area contributed by atoms with Gasteiger partial charge in [-0.25, -0.2) is 9.97 Å². The summed E-state index contributed by atoms with van der Waals surface area (Å²) in [6.07, 6.45) is 3.88. The molecule has 1 aromatic heterocycles. The van der Waals surface area contributed by atoms with Crippen LogP contribution in [0.3, 0.4) is 0 Å². The summed E-state index contributed by atoms with van der Waals surface area (Å²) in [5, 5.41) is 13.9. The van der Waals surface area contributed by atoms with Crippen molar-refractivity contribution >= 4 is 27.6 Å². The maximum absolute atomic E-state index is 10.6. The monoisotopic (exact) mass is 358 g/mol. The lowest BCUT2D eigenvalue weighted by Gasteiger charge is -2.36. The van der Waals surface area contributed by atoms with E-state index in [1.807, 2.05) is 11.9 Å². The SMILES string of the molecule is CCCNc1ncnc(N(C)CC2(O)CCOCC2)c1Br. The largest absolute Gasteiger partial charge is 0.388 e. The van der Waals surface area contributed by atoms with E-state index < -0.39 is 5.60 Å². The average Bonchev–Trinajstić information content (AvgIpc) is 2.46. The number of ether oxygens (including phenoxy) is 1. The molecule has 7 heteroatoms. The van der Waals surface area contributed by atoms with Crippen LogP contribution in [0.2, 0.25) is 0 Å². The Kier molecular flexibility index (Phi) is 5.78. The van der Waals surface area contributed by atoms with Crippen molar-refractivity contribution in [1.82, 2.24) is 9.97 Å². The second-order valence-corrected chi connectivity index (χ2v) is 6.27. The molecule has 0 spiro atoms. The van der Waals surface area contributed by atoms with Crippen LogP contribution >= 0.6 is 15.9 Å². The van der Waals surface area contributed by atoms with Gasteiger partial charge in [0, 0.05) is 46.2 Å². The number of rotatable bonds is 6. The maximum atomic E-state index is 10.6. The first-order valence-corrected chi connectivity index (χ1v) is 8.10. The summed E-state index contributed by atoms with van der Waals surface area (Å²) in [5.41, 5.74) is -0.714. The minimum Gasteiger partial charge on any atom is -0.388 e. The van der Waals surface area contributed by atoms with Crippen LogP contribution in [-0.4, -0.2) is 54.0 Å². The molecular formula is C14H23BrN4O2. The van der Waals surface area contributed by atoms with Crippen LogP contribution in [0.15, 0.2) is 10.8 Å². The predicted molar refractivity (Wildman–Crippen MR) is 86.8 cm³/mol. The van der Waals surface area contributed by atoms with Crippen molar-refractivity contribution < 1.29 is 9.84 Å². The molecule has 0 aliphatic carbocycles. The van der Waals surface area contributed by atoms with E-state index in [0.29, 0.717) is 32.6 Å². The van der Waals surface area contributed by atoms with Crippen molar-refractivity contribution in [2.24, 2.45) is 0 Å². The van der Waals surface area contributed by atoms with Gasteiger partial charge in [0.15, 0.2) is 0 Å². The number of likely N-dealkylation sites (N-methyl/N-ethyl adjacent to an activating group) is 1. The Morgan fingerprint density at radius 3 is 2.81 bits per heavy atom. The van der Waals surface area contributed by atoms with Crippen molar-refractivity contribution in [2.75, 3.05) is 43.6 Å². The molecule has 0 saturated carbocycles. The highest BCUT2D eigenvalue weighted by atomic mass is 79.9. The number of aromatic nitrogens is 2. The van der Waals surface area contributed by atoms with E-state index in [4.69, 9.17) is 4.74 Å². The highest BCUT2D eigenvalue weighted by Crippen LogP contribution is 2.31. The summed E-state index contributed by atoms with van der Waals surface area (Å²) in [6, 6.07) is 0. The topological polar surface area (TPSA) is 70.5 Å². The van der Waals surface area contributed by atoms with Crippen LogP contribution in [0.1, 0.15) is 26.2 Å². The Bertz CT molecular complexity index is 466. The van der Waals surface area contributed by atoms with Gasteiger partial charge in [-0.2, -0.15) is 0 Å². The van der Waals surface area contributed by atoms with Crippen LogP contribution in [-0.2, 0) is 4.74 Å². The molecule has 1 aliphatic heterocycles. The van der Waals surface area contributed by atoms with E-state index in [1.54, 1.807) is 6.33 Å². The lowest BCUT2D eigenvalue weighted by Crippen LogP contribution is -2.46. The van der Waals surface area contributed by atoms with Crippen LogP contribution in [0, 0.1) is 0 Å². The van der Waals surface area contributed by atoms with Crippen LogP contribution in [0.25, 0.3) is 0 Å². The normalized spacial score (nSPS) is 17.5. The highest BCUT2D eigenvalue weighted by molar-refractivity contribution is 9.10. The molecule has 0 amide bonds. The fraction of sp³-hybridized carbons (Fsp3) is 0.714. The van der Waals surface area contributed by atoms with Gasteiger partial charge in [-0.3, -0.25) is 0 Å². The maximum Gasteiger partial charge on any atom is 0.148 e. The van der Waals surface area contributed by atoms with E-state index in [2.05, 4.69) is 38.1 Å². The second-order valence-electron chi connectivity index (χ2n) is 5.48. The molecule has 1 saturated heterocycles. The zero-order valence-electron chi connectivity index (χ0n) is 12.6. The number of hydrogen-bond acceptors (Lipinski definition) is 6. The average molecular weight is 359 g/mol. The minimum atomic E-state index is -0.714. The number of anilines is 2. The molecule has 0 atom stereocenters. The van der Waals surface area contributed by atoms with Gasteiger partial charge in [0.1, 0.15) is 22.4 Å². The van der Waals surface area contributed by atoms with Crippen molar-refractivity contribution in [2.45, 2.75) is 31.8 Å². The first-order chi connectivity index (χ1) is 10.1. The highest BCUT2D eigenvalue weighted by Gasteiger charge is 2.32. The zero-order valence-corrected chi connectivity index (χ0v) is 14.2. The molecule has 0 radical (unpaired) electrons. The summed E-state index contributed by atoms with van der Waals surface area (Å²) >= 11 is 3.56. The molecule has 0 bridgehead atoms. The smallest absolute Gasteiger partial charge is 0.148 e. The summed E-state index contributed by atoms with van der Waals surface area (Å²) in [7, 11) is 1.93. The minimum absolute atomic E-state index is 0.527. The summed E-state index contributed by atoms with van der Waals surface area (Å²) < 4.78 is 6.15. The standard InChI is InChI=1S/C14H23BrN4O2/c1-3-6-16-12-11(15)13(18-10-17-12)19(2)9-14(20)4-7-21-8-5-14/h10,20H,3-9H2,1-2H3,(H,16,17,18). The molecule has 2 N–H and O–H groups in total. The zero-order chi connectivity index (χ0) is 15.3. The molecule has 1 aliphatic rings. The van der Waals surface area contributed by atoms with Crippen LogP contribution < -0.4 is 10.2 Å². The molecule has 1 aromatic rings. The summed E-state index contributed by atoms with van der Waals surface area (Å²) in [5.74, 6) is 1.57. The van der Waals surface area contributed by atoms with E-state index in [9.17, 15) is 5.11 Å².